The maximum Gasteiger partial charge on any atom is 0.154 e. The van der Waals surface area contributed by atoms with Crippen LogP contribution < -0.4 is 5.73 Å². The molecule has 1 aromatic rings. The molecule has 0 fully saturated rings. The van der Waals surface area contributed by atoms with E-state index in [0.717, 1.165) is 11.1 Å². The van der Waals surface area contributed by atoms with E-state index in [1.54, 1.807) is 11.7 Å². The van der Waals surface area contributed by atoms with Crippen LogP contribution in [0, 0.1) is 0 Å². The van der Waals surface area contributed by atoms with Gasteiger partial charge in [-0.2, -0.15) is 0 Å². The van der Waals surface area contributed by atoms with Crippen LogP contribution in [0.2, 0.25) is 0 Å². The highest BCUT2D eigenvalue weighted by atomic mass is 32.2. The Bertz CT molecular complexity index is 439. The maximum absolute atomic E-state index is 11.6. The van der Waals surface area contributed by atoms with Crippen LogP contribution in [0.15, 0.2) is 11.7 Å². The van der Waals surface area contributed by atoms with Gasteiger partial charge in [-0.05, 0) is 6.42 Å². The number of hydrogen-bond donors (Lipinski definition) is 1. The summed E-state index contributed by atoms with van der Waals surface area (Å²) in [6.07, 6.45) is 3.16. The zero-order chi connectivity index (χ0) is 12.2. The summed E-state index contributed by atoms with van der Waals surface area (Å²) >= 11 is 1.39. The Hall–Kier alpha value is -0.790. The molecule has 5 nitrogen and oxygen atoms in total. The second-order valence-corrected chi connectivity index (χ2v) is 6.87. The zero-order valence-electron chi connectivity index (χ0n) is 8.92. The normalized spacial score (nSPS) is 13.6. The molecule has 7 heteroatoms. The lowest BCUT2D eigenvalue weighted by Crippen LogP contribution is -2.33. The van der Waals surface area contributed by atoms with Crippen LogP contribution in [0.1, 0.15) is 11.3 Å². The third-order valence-electron chi connectivity index (χ3n) is 2.05. The first kappa shape index (κ1) is 13.3. The van der Waals surface area contributed by atoms with Crippen LogP contribution in [0.5, 0.6) is 0 Å². The van der Waals surface area contributed by atoms with E-state index in [9.17, 15) is 13.2 Å². The molecule has 90 valence electrons. The summed E-state index contributed by atoms with van der Waals surface area (Å²) in [6, 6.07) is -0.711. The average molecular weight is 262 g/mol. The molecule has 1 rings (SSSR count). The molecule has 0 aliphatic carbocycles. The number of thiazole rings is 1. The van der Waals surface area contributed by atoms with Gasteiger partial charge in [-0.25, -0.2) is 8.42 Å². The lowest BCUT2D eigenvalue weighted by Gasteiger charge is -2.08. The molecule has 1 unspecified atom stereocenters. The highest BCUT2D eigenvalue weighted by molar-refractivity contribution is 7.90. The van der Waals surface area contributed by atoms with Crippen LogP contribution in [0.3, 0.4) is 0 Å². The number of carbonyl (C=O) groups excluding carboxylic acids is 1. The molecular weight excluding hydrogens is 248 g/mol. The van der Waals surface area contributed by atoms with Crippen LogP contribution in [-0.2, 0) is 21.1 Å². The van der Waals surface area contributed by atoms with E-state index in [4.69, 9.17) is 5.73 Å². The van der Waals surface area contributed by atoms with Gasteiger partial charge in [0.15, 0.2) is 5.78 Å². The van der Waals surface area contributed by atoms with Gasteiger partial charge in [0.2, 0.25) is 0 Å². The molecule has 0 saturated carbocycles. The van der Waals surface area contributed by atoms with Gasteiger partial charge >= 0.3 is 0 Å². The highest BCUT2D eigenvalue weighted by Crippen LogP contribution is 2.08. The third-order valence-corrected chi connectivity index (χ3v) is 3.80. The Labute approximate surface area is 98.6 Å². The standard InChI is InChI=1S/C9H14N2O3S2/c1-16(13,14)3-2-8(10)9(12)4-7-5-11-6-15-7/h5-6,8H,2-4,10H2,1H3. The summed E-state index contributed by atoms with van der Waals surface area (Å²) in [4.78, 5) is 16.3. The van der Waals surface area contributed by atoms with Crippen molar-refractivity contribution in [3.05, 3.63) is 16.6 Å². The van der Waals surface area contributed by atoms with Gasteiger partial charge < -0.3 is 5.73 Å². The smallest absolute Gasteiger partial charge is 0.154 e. The molecule has 16 heavy (non-hydrogen) atoms. The van der Waals surface area contributed by atoms with E-state index >= 15 is 0 Å². The van der Waals surface area contributed by atoms with Crippen molar-refractivity contribution < 1.29 is 13.2 Å². The molecule has 0 spiro atoms. The zero-order valence-corrected chi connectivity index (χ0v) is 10.6. The molecule has 0 radical (unpaired) electrons. The Balaban J connectivity index is 2.42. The largest absolute Gasteiger partial charge is 0.321 e. The summed E-state index contributed by atoms with van der Waals surface area (Å²) in [5.41, 5.74) is 7.25. The van der Waals surface area contributed by atoms with E-state index in [0.29, 0.717) is 0 Å². The van der Waals surface area contributed by atoms with Crippen molar-refractivity contribution in [3.8, 4) is 0 Å². The number of nitrogens with zero attached hydrogens (tertiary/aromatic N) is 1. The van der Waals surface area contributed by atoms with Crippen LogP contribution in [0.4, 0.5) is 0 Å². The number of hydrogen-bond acceptors (Lipinski definition) is 6. The van der Waals surface area contributed by atoms with Crippen LogP contribution >= 0.6 is 11.3 Å². The van der Waals surface area contributed by atoms with Crippen LogP contribution in [0.25, 0.3) is 0 Å². The van der Waals surface area contributed by atoms with Crippen molar-refractivity contribution in [1.29, 1.82) is 0 Å². The molecule has 0 bridgehead atoms. The number of rotatable bonds is 6. The van der Waals surface area contributed by atoms with Gasteiger partial charge in [0.1, 0.15) is 9.84 Å². The van der Waals surface area contributed by atoms with Gasteiger partial charge in [0.05, 0.1) is 17.3 Å². The first-order valence-corrected chi connectivity index (χ1v) is 7.66. The molecule has 0 saturated heterocycles. The first-order valence-electron chi connectivity index (χ1n) is 4.72. The van der Waals surface area contributed by atoms with Crippen molar-refractivity contribution >= 4 is 27.0 Å². The Kier molecular flexibility index (Phi) is 4.57. The van der Waals surface area contributed by atoms with Gasteiger partial charge in [-0.1, -0.05) is 0 Å². The Morgan fingerprint density at radius 2 is 2.31 bits per heavy atom. The lowest BCUT2D eigenvalue weighted by atomic mass is 10.1. The van der Waals surface area contributed by atoms with Crippen molar-refractivity contribution in [2.24, 2.45) is 5.73 Å². The van der Waals surface area contributed by atoms with Gasteiger partial charge in [-0.15, -0.1) is 11.3 Å². The van der Waals surface area contributed by atoms with Crippen LogP contribution in [-0.4, -0.2) is 37.2 Å². The number of nitrogens with two attached hydrogens (primary N) is 1. The topological polar surface area (TPSA) is 90.1 Å². The lowest BCUT2D eigenvalue weighted by molar-refractivity contribution is -0.119. The summed E-state index contributed by atoms with van der Waals surface area (Å²) in [6.45, 7) is 0. The minimum Gasteiger partial charge on any atom is -0.321 e. The van der Waals surface area contributed by atoms with E-state index in [-0.39, 0.29) is 24.4 Å². The molecule has 1 atom stereocenters. The molecule has 0 aliphatic heterocycles. The van der Waals surface area contributed by atoms with Crippen molar-refractivity contribution in [1.82, 2.24) is 4.98 Å². The Morgan fingerprint density at radius 3 is 2.81 bits per heavy atom. The molecular formula is C9H14N2O3S2. The summed E-state index contributed by atoms with van der Waals surface area (Å²) in [5.74, 6) is -0.198. The fraction of sp³-hybridized carbons (Fsp3) is 0.556. The highest BCUT2D eigenvalue weighted by Gasteiger charge is 2.16. The van der Waals surface area contributed by atoms with E-state index in [1.165, 1.54) is 11.3 Å². The van der Waals surface area contributed by atoms with Crippen molar-refractivity contribution in [3.63, 3.8) is 0 Å². The SMILES string of the molecule is CS(=O)(=O)CCC(N)C(=O)Cc1cncs1. The number of ketones is 1. The van der Waals surface area contributed by atoms with Crippen molar-refractivity contribution in [2.75, 3.05) is 12.0 Å². The predicted molar refractivity (Wildman–Crippen MR) is 63.1 cm³/mol. The van der Waals surface area contributed by atoms with Gasteiger partial charge in [0, 0.05) is 23.8 Å². The molecule has 1 heterocycles. The Morgan fingerprint density at radius 1 is 1.62 bits per heavy atom. The molecule has 1 aromatic heterocycles. The number of Topliss-reactive ketones (excluding diaryl/α,β-unsaturated/α-hetero) is 1. The first-order chi connectivity index (χ1) is 7.38. The summed E-state index contributed by atoms with van der Waals surface area (Å²) < 4.78 is 21.8. The third kappa shape index (κ3) is 4.82. The second-order valence-electron chi connectivity index (χ2n) is 3.64. The summed E-state index contributed by atoms with van der Waals surface area (Å²) in [5, 5.41) is 0. The maximum atomic E-state index is 11.6. The van der Waals surface area contributed by atoms with E-state index in [2.05, 4.69) is 4.98 Å². The number of carbonyl (C=O) groups is 1. The van der Waals surface area contributed by atoms with Gasteiger partial charge in [-0.3, -0.25) is 9.78 Å². The number of sulfone groups is 1. The molecule has 0 aromatic carbocycles. The molecule has 2 N–H and O–H groups in total. The van der Waals surface area contributed by atoms with Gasteiger partial charge in [0.25, 0.3) is 0 Å². The molecule has 0 aliphatic rings. The monoisotopic (exact) mass is 262 g/mol. The quantitative estimate of drug-likeness (QED) is 0.780. The fourth-order valence-electron chi connectivity index (χ4n) is 1.13. The summed E-state index contributed by atoms with van der Waals surface area (Å²) in [7, 11) is -3.06. The van der Waals surface area contributed by atoms with E-state index < -0.39 is 15.9 Å². The minimum absolute atomic E-state index is 0.0530. The van der Waals surface area contributed by atoms with Crippen molar-refractivity contribution in [2.45, 2.75) is 18.9 Å². The minimum atomic E-state index is -3.06. The molecule has 0 amide bonds. The average Bonchev–Trinajstić information content (AvgIpc) is 2.65. The number of aromatic nitrogens is 1. The van der Waals surface area contributed by atoms with E-state index in [1.807, 2.05) is 0 Å². The predicted octanol–water partition coefficient (Wildman–Crippen LogP) is 0.0167. The second kappa shape index (κ2) is 5.51. The fourth-order valence-corrected chi connectivity index (χ4v) is 2.42.